The zero-order chi connectivity index (χ0) is 19.3. The fraction of sp³-hybridized carbons (Fsp3) is 0.526. The van der Waals surface area contributed by atoms with E-state index in [-0.39, 0.29) is 17.7 Å². The molecule has 1 saturated carbocycles. The number of carboxylic acid groups (broad SMARTS) is 1. The summed E-state index contributed by atoms with van der Waals surface area (Å²) in [6.07, 6.45) is 2.32. The van der Waals surface area contributed by atoms with Crippen LogP contribution in [0, 0.1) is 11.8 Å². The van der Waals surface area contributed by atoms with Gasteiger partial charge in [-0.15, -0.1) is 0 Å². The van der Waals surface area contributed by atoms with Gasteiger partial charge in [-0.2, -0.15) is 0 Å². The summed E-state index contributed by atoms with van der Waals surface area (Å²) in [6, 6.07) is 4.92. The minimum absolute atomic E-state index is 0.174. The molecule has 1 aromatic rings. The lowest BCUT2D eigenvalue weighted by molar-refractivity contribution is -0.143. The molecule has 142 valence electrons. The van der Waals surface area contributed by atoms with Crippen LogP contribution in [0.2, 0.25) is 0 Å². The first-order chi connectivity index (χ1) is 12.3. The van der Waals surface area contributed by atoms with E-state index >= 15 is 0 Å². The molecule has 1 aliphatic carbocycles. The molecule has 2 amide bonds. The molecule has 0 heterocycles. The SMILES string of the molecule is CCOc1ccc(C(=O)N(C)C)cc1NC(=O)C1CCCC(C(=O)O)C1. The fourth-order valence-corrected chi connectivity index (χ4v) is 3.19. The lowest BCUT2D eigenvalue weighted by Crippen LogP contribution is -2.31. The van der Waals surface area contributed by atoms with Crippen molar-refractivity contribution in [3.8, 4) is 5.75 Å². The maximum atomic E-state index is 12.7. The van der Waals surface area contributed by atoms with Crippen LogP contribution in [-0.4, -0.2) is 48.5 Å². The summed E-state index contributed by atoms with van der Waals surface area (Å²) < 4.78 is 5.55. The van der Waals surface area contributed by atoms with Crippen LogP contribution in [0.1, 0.15) is 43.0 Å². The van der Waals surface area contributed by atoms with Crippen LogP contribution in [-0.2, 0) is 9.59 Å². The second kappa shape index (κ2) is 8.69. The zero-order valence-electron chi connectivity index (χ0n) is 15.4. The van der Waals surface area contributed by atoms with E-state index in [4.69, 9.17) is 4.74 Å². The van der Waals surface area contributed by atoms with E-state index in [0.717, 1.165) is 0 Å². The van der Waals surface area contributed by atoms with Crippen LogP contribution in [0.3, 0.4) is 0 Å². The lowest BCUT2D eigenvalue weighted by atomic mass is 9.81. The van der Waals surface area contributed by atoms with Gasteiger partial charge < -0.3 is 20.1 Å². The summed E-state index contributed by atoms with van der Waals surface area (Å²) in [7, 11) is 3.32. The molecule has 2 rings (SSSR count). The summed E-state index contributed by atoms with van der Waals surface area (Å²) in [5.41, 5.74) is 0.878. The Balaban J connectivity index is 2.20. The minimum Gasteiger partial charge on any atom is -0.492 e. The molecule has 0 saturated heterocycles. The van der Waals surface area contributed by atoms with Crippen LogP contribution in [0.5, 0.6) is 5.75 Å². The Bertz CT molecular complexity index is 687. The Kier molecular flexibility index (Phi) is 6.60. The van der Waals surface area contributed by atoms with Gasteiger partial charge in [0.2, 0.25) is 5.91 Å². The molecule has 1 aliphatic rings. The first-order valence-electron chi connectivity index (χ1n) is 8.85. The van der Waals surface area contributed by atoms with E-state index in [9.17, 15) is 19.5 Å². The van der Waals surface area contributed by atoms with E-state index in [1.807, 2.05) is 6.92 Å². The van der Waals surface area contributed by atoms with Crippen LogP contribution in [0.25, 0.3) is 0 Å². The highest BCUT2D eigenvalue weighted by molar-refractivity contribution is 5.99. The number of aliphatic carboxylic acids is 1. The molecule has 0 bridgehead atoms. The van der Waals surface area contributed by atoms with E-state index in [0.29, 0.717) is 49.3 Å². The first-order valence-corrected chi connectivity index (χ1v) is 8.85. The lowest BCUT2D eigenvalue weighted by Gasteiger charge is -2.26. The molecule has 0 aromatic heterocycles. The minimum atomic E-state index is -0.851. The molecular weight excluding hydrogens is 336 g/mol. The van der Waals surface area contributed by atoms with Gasteiger partial charge in [0, 0.05) is 25.6 Å². The van der Waals surface area contributed by atoms with Gasteiger partial charge in [0.25, 0.3) is 5.91 Å². The maximum Gasteiger partial charge on any atom is 0.306 e. The number of carbonyl (C=O) groups is 3. The van der Waals surface area contributed by atoms with Gasteiger partial charge in [-0.05, 0) is 44.4 Å². The highest BCUT2D eigenvalue weighted by Crippen LogP contribution is 2.32. The van der Waals surface area contributed by atoms with E-state index in [1.54, 1.807) is 32.3 Å². The Morgan fingerprint density at radius 2 is 1.92 bits per heavy atom. The Morgan fingerprint density at radius 1 is 1.23 bits per heavy atom. The molecule has 26 heavy (non-hydrogen) atoms. The van der Waals surface area contributed by atoms with Crippen molar-refractivity contribution in [3.05, 3.63) is 23.8 Å². The molecule has 1 aromatic carbocycles. The number of carboxylic acids is 1. The number of amides is 2. The van der Waals surface area contributed by atoms with Crippen molar-refractivity contribution >= 4 is 23.5 Å². The van der Waals surface area contributed by atoms with Crippen molar-refractivity contribution in [2.75, 3.05) is 26.0 Å². The average molecular weight is 362 g/mol. The second-order valence-electron chi connectivity index (χ2n) is 6.73. The van der Waals surface area contributed by atoms with Gasteiger partial charge in [0.05, 0.1) is 18.2 Å². The quantitative estimate of drug-likeness (QED) is 0.811. The summed E-state index contributed by atoms with van der Waals surface area (Å²) in [5, 5.41) is 12.0. The van der Waals surface area contributed by atoms with Crippen molar-refractivity contribution < 1.29 is 24.2 Å². The molecular formula is C19H26N2O5. The Hall–Kier alpha value is -2.57. The monoisotopic (exact) mass is 362 g/mol. The number of benzene rings is 1. The highest BCUT2D eigenvalue weighted by atomic mass is 16.5. The predicted molar refractivity (Wildman–Crippen MR) is 97.3 cm³/mol. The third-order valence-electron chi connectivity index (χ3n) is 4.58. The molecule has 1 fully saturated rings. The largest absolute Gasteiger partial charge is 0.492 e. The molecule has 7 nitrogen and oxygen atoms in total. The number of ether oxygens (including phenoxy) is 1. The molecule has 0 aliphatic heterocycles. The number of hydrogen-bond donors (Lipinski definition) is 2. The van der Waals surface area contributed by atoms with Crippen molar-refractivity contribution in [1.82, 2.24) is 4.90 Å². The Labute approximate surface area is 153 Å². The van der Waals surface area contributed by atoms with Crippen molar-refractivity contribution in [2.24, 2.45) is 11.8 Å². The summed E-state index contributed by atoms with van der Waals surface area (Å²) >= 11 is 0. The van der Waals surface area contributed by atoms with Crippen LogP contribution < -0.4 is 10.1 Å². The molecule has 0 spiro atoms. The number of nitrogens with zero attached hydrogens (tertiary/aromatic N) is 1. The van der Waals surface area contributed by atoms with E-state index < -0.39 is 11.9 Å². The van der Waals surface area contributed by atoms with Gasteiger partial charge >= 0.3 is 5.97 Å². The van der Waals surface area contributed by atoms with Crippen molar-refractivity contribution in [2.45, 2.75) is 32.6 Å². The number of carbonyl (C=O) groups excluding carboxylic acids is 2. The van der Waals surface area contributed by atoms with Crippen molar-refractivity contribution in [1.29, 1.82) is 0 Å². The second-order valence-corrected chi connectivity index (χ2v) is 6.73. The normalized spacial score (nSPS) is 19.5. The van der Waals surface area contributed by atoms with Crippen LogP contribution in [0.15, 0.2) is 18.2 Å². The number of nitrogens with one attached hydrogen (secondary N) is 1. The summed E-state index contributed by atoms with van der Waals surface area (Å²) in [4.78, 5) is 37.5. The Morgan fingerprint density at radius 3 is 2.54 bits per heavy atom. The summed E-state index contributed by atoms with van der Waals surface area (Å²) in [6.45, 7) is 2.26. The first kappa shape index (κ1) is 19.8. The molecule has 0 radical (unpaired) electrons. The average Bonchev–Trinajstić information content (AvgIpc) is 2.62. The predicted octanol–water partition coefficient (Wildman–Crippen LogP) is 2.62. The molecule has 2 N–H and O–H groups in total. The standard InChI is InChI=1S/C19H26N2O5/c1-4-26-16-9-8-13(18(23)21(2)3)11-15(16)20-17(22)12-6-5-7-14(10-12)19(24)25/h8-9,11-12,14H,4-7,10H2,1-3H3,(H,20,22)(H,24,25). The number of anilines is 1. The maximum absolute atomic E-state index is 12.7. The molecule has 2 unspecified atom stereocenters. The third kappa shape index (κ3) is 4.74. The molecule has 7 heteroatoms. The van der Waals surface area contributed by atoms with Gasteiger partial charge in [-0.25, -0.2) is 0 Å². The van der Waals surface area contributed by atoms with Crippen molar-refractivity contribution in [3.63, 3.8) is 0 Å². The van der Waals surface area contributed by atoms with Gasteiger partial charge in [-0.1, -0.05) is 6.42 Å². The summed E-state index contributed by atoms with van der Waals surface area (Å²) in [5.74, 6) is -1.60. The highest BCUT2D eigenvalue weighted by Gasteiger charge is 2.31. The topological polar surface area (TPSA) is 95.9 Å². The van der Waals surface area contributed by atoms with E-state index in [2.05, 4.69) is 5.32 Å². The number of rotatable bonds is 6. The van der Waals surface area contributed by atoms with Gasteiger partial charge in [0.1, 0.15) is 5.75 Å². The smallest absolute Gasteiger partial charge is 0.306 e. The molecule has 2 atom stereocenters. The third-order valence-corrected chi connectivity index (χ3v) is 4.58. The zero-order valence-corrected chi connectivity index (χ0v) is 15.4. The van der Waals surface area contributed by atoms with E-state index in [1.165, 1.54) is 4.90 Å². The van der Waals surface area contributed by atoms with Gasteiger partial charge in [-0.3, -0.25) is 14.4 Å². The van der Waals surface area contributed by atoms with Crippen LogP contribution in [0.4, 0.5) is 5.69 Å². The number of hydrogen-bond acceptors (Lipinski definition) is 4. The van der Waals surface area contributed by atoms with Gasteiger partial charge in [0.15, 0.2) is 0 Å². The van der Waals surface area contributed by atoms with Crippen LogP contribution >= 0.6 is 0 Å². The fourth-order valence-electron chi connectivity index (χ4n) is 3.19.